The zero-order chi connectivity index (χ0) is 13.7. The van der Waals surface area contributed by atoms with Crippen LogP contribution in [0.3, 0.4) is 0 Å². The van der Waals surface area contributed by atoms with E-state index in [1.54, 1.807) is 0 Å². The summed E-state index contributed by atoms with van der Waals surface area (Å²) >= 11 is 0. The van der Waals surface area contributed by atoms with Gasteiger partial charge in [-0.05, 0) is 85.0 Å². The fourth-order valence-electron chi connectivity index (χ4n) is 5.63. The fraction of sp³-hybridized carbons (Fsp3) is 0.579. The highest BCUT2D eigenvalue weighted by atomic mass is 16.3. The molecule has 0 spiro atoms. The molecule has 3 aliphatic carbocycles. The van der Waals surface area contributed by atoms with E-state index in [4.69, 9.17) is 0 Å². The van der Waals surface area contributed by atoms with Gasteiger partial charge in [0.15, 0.2) is 0 Å². The zero-order valence-corrected chi connectivity index (χ0v) is 12.1. The summed E-state index contributed by atoms with van der Waals surface area (Å²) in [6.07, 6.45) is 11.5. The Labute approximate surface area is 121 Å². The van der Waals surface area contributed by atoms with Gasteiger partial charge < -0.3 is 5.11 Å². The molecule has 0 amide bonds. The molecule has 1 N–H and O–H groups in total. The summed E-state index contributed by atoms with van der Waals surface area (Å²) in [4.78, 5) is 0. The molecule has 0 aromatic heterocycles. The number of aryl methyl sites for hydroxylation is 1. The SMILES string of the molecule is C=C[C@@]12CCCC1C1CCc3cc(O)ccc3C1CC2. The first-order chi connectivity index (χ1) is 9.73. The zero-order valence-electron chi connectivity index (χ0n) is 12.1. The summed E-state index contributed by atoms with van der Waals surface area (Å²) in [6, 6.07) is 6.07. The van der Waals surface area contributed by atoms with E-state index in [-0.39, 0.29) is 0 Å². The van der Waals surface area contributed by atoms with Crippen molar-refractivity contribution in [1.29, 1.82) is 0 Å². The lowest BCUT2D eigenvalue weighted by Gasteiger charge is -2.49. The summed E-state index contributed by atoms with van der Waals surface area (Å²) in [6.45, 7) is 4.18. The van der Waals surface area contributed by atoms with Crippen LogP contribution in [0.1, 0.15) is 55.6 Å². The molecular weight excluding hydrogens is 244 g/mol. The molecule has 0 saturated heterocycles. The van der Waals surface area contributed by atoms with Gasteiger partial charge in [-0.3, -0.25) is 0 Å². The third kappa shape index (κ3) is 1.62. The van der Waals surface area contributed by atoms with Crippen LogP contribution in [0.4, 0.5) is 0 Å². The molecule has 1 aromatic carbocycles. The minimum Gasteiger partial charge on any atom is -0.508 e. The summed E-state index contributed by atoms with van der Waals surface area (Å²) in [5.41, 5.74) is 3.38. The largest absolute Gasteiger partial charge is 0.508 e. The Balaban J connectivity index is 1.72. The van der Waals surface area contributed by atoms with Gasteiger partial charge in [0, 0.05) is 0 Å². The van der Waals surface area contributed by atoms with Crippen LogP contribution in [-0.4, -0.2) is 5.11 Å². The first-order valence-electron chi connectivity index (χ1n) is 8.19. The molecule has 2 fully saturated rings. The molecule has 1 aromatic rings. The van der Waals surface area contributed by atoms with Crippen LogP contribution in [-0.2, 0) is 6.42 Å². The average molecular weight is 268 g/mol. The van der Waals surface area contributed by atoms with Crippen molar-refractivity contribution in [2.45, 2.75) is 50.9 Å². The van der Waals surface area contributed by atoms with E-state index < -0.39 is 0 Å². The summed E-state index contributed by atoms with van der Waals surface area (Å²) in [5, 5.41) is 9.70. The average Bonchev–Trinajstić information content (AvgIpc) is 2.91. The molecule has 1 nitrogen and oxygen atoms in total. The summed E-state index contributed by atoms with van der Waals surface area (Å²) in [5.74, 6) is 2.87. The number of hydrogen-bond acceptors (Lipinski definition) is 1. The van der Waals surface area contributed by atoms with Gasteiger partial charge in [0.1, 0.15) is 5.75 Å². The third-order valence-corrected chi connectivity index (χ3v) is 6.53. The van der Waals surface area contributed by atoms with Gasteiger partial charge in [-0.2, -0.15) is 0 Å². The number of aromatic hydroxyl groups is 1. The lowest BCUT2D eigenvalue weighted by Crippen LogP contribution is -2.40. The second-order valence-electron chi connectivity index (χ2n) is 7.17. The molecule has 0 radical (unpaired) electrons. The standard InChI is InChI=1S/C19H24O/c1-2-19-10-3-4-18(19)17-7-5-13-12-14(20)6-8-15(13)16(17)9-11-19/h2,6,8,12,16-18,20H,1,3-5,7,9-11H2/t16?,17?,18?,19-/m0/s1. The van der Waals surface area contributed by atoms with Crippen LogP contribution in [0, 0.1) is 17.3 Å². The quantitative estimate of drug-likeness (QED) is 0.725. The molecule has 3 aliphatic rings. The second-order valence-corrected chi connectivity index (χ2v) is 7.17. The lowest BCUT2D eigenvalue weighted by molar-refractivity contribution is 0.0831. The van der Waals surface area contributed by atoms with Crippen molar-refractivity contribution in [1.82, 2.24) is 0 Å². The monoisotopic (exact) mass is 268 g/mol. The number of allylic oxidation sites excluding steroid dienone is 1. The van der Waals surface area contributed by atoms with Gasteiger partial charge in [0.05, 0.1) is 0 Å². The van der Waals surface area contributed by atoms with Crippen molar-refractivity contribution >= 4 is 0 Å². The number of rotatable bonds is 1. The maximum absolute atomic E-state index is 9.70. The van der Waals surface area contributed by atoms with E-state index in [2.05, 4.69) is 18.7 Å². The predicted molar refractivity (Wildman–Crippen MR) is 81.9 cm³/mol. The van der Waals surface area contributed by atoms with Crippen molar-refractivity contribution in [3.05, 3.63) is 42.0 Å². The molecule has 4 atom stereocenters. The van der Waals surface area contributed by atoms with E-state index in [0.717, 1.165) is 24.2 Å². The normalized spacial score (nSPS) is 38.7. The Kier molecular flexibility index (Phi) is 2.73. The van der Waals surface area contributed by atoms with Gasteiger partial charge >= 0.3 is 0 Å². The first-order valence-corrected chi connectivity index (χ1v) is 8.19. The summed E-state index contributed by atoms with van der Waals surface area (Å²) < 4.78 is 0. The Morgan fingerprint density at radius 3 is 2.95 bits per heavy atom. The van der Waals surface area contributed by atoms with Crippen LogP contribution in [0.25, 0.3) is 0 Å². The van der Waals surface area contributed by atoms with Crippen molar-refractivity contribution < 1.29 is 5.11 Å². The van der Waals surface area contributed by atoms with Gasteiger partial charge in [0.2, 0.25) is 0 Å². The molecule has 106 valence electrons. The predicted octanol–water partition coefficient (Wildman–Crippen LogP) is 4.80. The van der Waals surface area contributed by atoms with E-state index in [9.17, 15) is 5.11 Å². The highest BCUT2D eigenvalue weighted by Gasteiger charge is 2.51. The lowest BCUT2D eigenvalue weighted by atomic mass is 9.55. The van der Waals surface area contributed by atoms with Crippen molar-refractivity contribution in [3.63, 3.8) is 0 Å². The Morgan fingerprint density at radius 2 is 2.10 bits per heavy atom. The van der Waals surface area contributed by atoms with Gasteiger partial charge in [0.25, 0.3) is 0 Å². The molecule has 2 saturated carbocycles. The van der Waals surface area contributed by atoms with Crippen molar-refractivity contribution in [2.24, 2.45) is 17.3 Å². The molecule has 1 heteroatoms. The first kappa shape index (κ1) is 12.5. The van der Waals surface area contributed by atoms with Crippen LogP contribution >= 0.6 is 0 Å². The van der Waals surface area contributed by atoms with Crippen molar-refractivity contribution in [3.8, 4) is 5.75 Å². The minimum absolute atomic E-state index is 0.430. The Hall–Kier alpha value is -1.24. The molecule has 0 heterocycles. The molecule has 4 rings (SSSR count). The number of phenols is 1. The number of fused-ring (bicyclic) bond motifs is 5. The highest BCUT2D eigenvalue weighted by molar-refractivity contribution is 5.40. The third-order valence-electron chi connectivity index (χ3n) is 6.53. The molecule has 0 bridgehead atoms. The van der Waals surface area contributed by atoms with Crippen LogP contribution in [0.5, 0.6) is 5.75 Å². The van der Waals surface area contributed by atoms with E-state index in [1.807, 2.05) is 12.1 Å². The van der Waals surface area contributed by atoms with Gasteiger partial charge in [-0.1, -0.05) is 18.6 Å². The molecule has 0 aliphatic heterocycles. The number of phenolic OH excluding ortho intramolecular Hbond substituents is 1. The molecule has 20 heavy (non-hydrogen) atoms. The van der Waals surface area contributed by atoms with Crippen LogP contribution < -0.4 is 0 Å². The van der Waals surface area contributed by atoms with E-state index >= 15 is 0 Å². The second kappa shape index (κ2) is 4.38. The number of hydrogen-bond donors (Lipinski definition) is 1. The molecule has 3 unspecified atom stereocenters. The van der Waals surface area contributed by atoms with Crippen LogP contribution in [0.15, 0.2) is 30.9 Å². The van der Waals surface area contributed by atoms with Gasteiger partial charge in [-0.25, -0.2) is 0 Å². The van der Waals surface area contributed by atoms with Crippen molar-refractivity contribution in [2.75, 3.05) is 0 Å². The van der Waals surface area contributed by atoms with Crippen LogP contribution in [0.2, 0.25) is 0 Å². The minimum atomic E-state index is 0.430. The number of benzene rings is 1. The maximum Gasteiger partial charge on any atom is 0.115 e. The molecular formula is C19H24O. The highest BCUT2D eigenvalue weighted by Crippen LogP contribution is 2.61. The summed E-state index contributed by atoms with van der Waals surface area (Å²) in [7, 11) is 0. The Bertz CT molecular complexity index is 547. The Morgan fingerprint density at radius 1 is 1.20 bits per heavy atom. The topological polar surface area (TPSA) is 20.2 Å². The maximum atomic E-state index is 9.70. The van der Waals surface area contributed by atoms with Gasteiger partial charge in [-0.15, -0.1) is 6.58 Å². The van der Waals surface area contributed by atoms with E-state index in [0.29, 0.717) is 11.2 Å². The smallest absolute Gasteiger partial charge is 0.115 e. The van der Waals surface area contributed by atoms with E-state index in [1.165, 1.54) is 49.7 Å². The fourth-order valence-corrected chi connectivity index (χ4v) is 5.63.